The average molecular weight is 442 g/mol. The quantitative estimate of drug-likeness (QED) is 0.719. The molecule has 2 aliphatic rings. The van der Waals surface area contributed by atoms with E-state index in [4.69, 9.17) is 9.84 Å². The lowest BCUT2D eigenvalue weighted by Gasteiger charge is -2.51. The van der Waals surface area contributed by atoms with Gasteiger partial charge in [0.1, 0.15) is 11.4 Å². The SMILES string of the molecule is O=C(O[C@H](CO)C(F)(F)F)N1CCC2(CC1)CC(Oc1ccnc(C(F)(F)F)c1)C2. The highest BCUT2D eigenvalue weighted by Crippen LogP contribution is 2.50. The molecule has 2 heterocycles. The number of alkyl halides is 6. The van der Waals surface area contributed by atoms with Crippen LogP contribution in [0.2, 0.25) is 0 Å². The lowest BCUT2D eigenvalue weighted by molar-refractivity contribution is -0.215. The summed E-state index contributed by atoms with van der Waals surface area (Å²) in [5.41, 5.74) is -1.21. The number of hydrogen-bond donors (Lipinski definition) is 1. The van der Waals surface area contributed by atoms with Gasteiger partial charge in [-0.3, -0.25) is 4.98 Å². The molecule has 1 amide bonds. The Labute approximate surface area is 167 Å². The van der Waals surface area contributed by atoms with E-state index in [1.807, 2.05) is 0 Å². The Bertz CT molecular complexity index is 754. The molecule has 1 aromatic heterocycles. The molecule has 0 radical (unpaired) electrons. The van der Waals surface area contributed by atoms with Crippen molar-refractivity contribution in [2.24, 2.45) is 5.41 Å². The van der Waals surface area contributed by atoms with E-state index in [1.165, 1.54) is 6.07 Å². The molecule has 168 valence electrons. The number of carbonyl (C=O) groups is 1. The Hall–Kier alpha value is -2.24. The van der Waals surface area contributed by atoms with Gasteiger partial charge in [0.25, 0.3) is 0 Å². The summed E-state index contributed by atoms with van der Waals surface area (Å²) in [5.74, 6) is 0.0698. The second-order valence-corrected chi connectivity index (χ2v) is 7.61. The zero-order chi connectivity index (χ0) is 22.2. The molecule has 1 spiro atoms. The Balaban J connectivity index is 1.47. The molecular weight excluding hydrogens is 422 g/mol. The lowest BCUT2D eigenvalue weighted by Crippen LogP contribution is -2.52. The number of hydrogen-bond acceptors (Lipinski definition) is 5. The molecule has 1 saturated carbocycles. The molecule has 3 rings (SSSR count). The fraction of sp³-hybridized carbons (Fsp3) is 0.667. The van der Waals surface area contributed by atoms with Crippen molar-refractivity contribution in [1.29, 1.82) is 0 Å². The molecule has 1 N–H and O–H groups in total. The summed E-state index contributed by atoms with van der Waals surface area (Å²) in [5, 5.41) is 8.76. The van der Waals surface area contributed by atoms with Gasteiger partial charge in [-0.05, 0) is 37.2 Å². The third kappa shape index (κ3) is 5.08. The van der Waals surface area contributed by atoms with Gasteiger partial charge < -0.3 is 19.5 Å². The van der Waals surface area contributed by atoms with Crippen molar-refractivity contribution >= 4 is 6.09 Å². The summed E-state index contributed by atoms with van der Waals surface area (Å²) in [6.45, 7) is -0.971. The number of piperidine rings is 1. The first-order chi connectivity index (χ1) is 13.9. The Morgan fingerprint density at radius 2 is 1.87 bits per heavy atom. The van der Waals surface area contributed by atoms with Crippen molar-refractivity contribution in [3.63, 3.8) is 0 Å². The maximum Gasteiger partial charge on any atom is 0.433 e. The Morgan fingerprint density at radius 3 is 2.40 bits per heavy atom. The van der Waals surface area contributed by atoms with Crippen molar-refractivity contribution < 1.29 is 45.7 Å². The molecule has 6 nitrogen and oxygen atoms in total. The van der Waals surface area contributed by atoms with Crippen molar-refractivity contribution in [2.75, 3.05) is 19.7 Å². The number of nitrogens with zero attached hydrogens (tertiary/aromatic N) is 2. The highest BCUT2D eigenvalue weighted by molar-refractivity contribution is 5.68. The molecule has 0 aromatic carbocycles. The number of likely N-dealkylation sites (tertiary alicyclic amines) is 1. The van der Waals surface area contributed by atoms with Crippen LogP contribution < -0.4 is 4.74 Å². The van der Waals surface area contributed by atoms with Gasteiger partial charge in [0, 0.05) is 25.4 Å². The van der Waals surface area contributed by atoms with Crippen LogP contribution in [0.3, 0.4) is 0 Å². The zero-order valence-corrected chi connectivity index (χ0v) is 15.7. The molecular formula is C18H20F6N2O4. The van der Waals surface area contributed by atoms with Crippen LogP contribution in [-0.4, -0.2) is 59.2 Å². The number of ether oxygens (including phenoxy) is 2. The lowest BCUT2D eigenvalue weighted by atomic mass is 9.61. The summed E-state index contributed by atoms with van der Waals surface area (Å²) in [7, 11) is 0. The maximum atomic E-state index is 12.7. The standard InChI is InChI=1S/C18H20F6N2O4/c19-17(20,21)13-7-11(1-4-25-13)29-12-8-16(9-12)2-5-26(6-3-16)15(28)30-14(10-27)18(22,23)24/h1,4,7,12,14,27H,2-3,5-6,8-10H2/t14-/m1/s1. The largest absolute Gasteiger partial charge is 0.490 e. The molecule has 0 bridgehead atoms. The Kier molecular flexibility index (Phi) is 6.08. The summed E-state index contributed by atoms with van der Waals surface area (Å²) in [4.78, 5) is 16.4. The fourth-order valence-electron chi connectivity index (χ4n) is 3.80. The first-order valence-corrected chi connectivity index (χ1v) is 9.25. The molecule has 1 aliphatic heterocycles. The zero-order valence-electron chi connectivity index (χ0n) is 15.7. The summed E-state index contributed by atoms with van der Waals surface area (Å²) in [6, 6.07) is 2.18. The van der Waals surface area contributed by atoms with E-state index in [1.54, 1.807) is 0 Å². The second kappa shape index (κ2) is 8.12. The molecule has 1 aliphatic carbocycles. The van der Waals surface area contributed by atoms with Crippen LogP contribution in [0.5, 0.6) is 5.75 Å². The Morgan fingerprint density at radius 1 is 1.23 bits per heavy atom. The number of rotatable bonds is 4. The van der Waals surface area contributed by atoms with Gasteiger partial charge >= 0.3 is 18.4 Å². The first kappa shape index (κ1) is 22.4. The fourth-order valence-corrected chi connectivity index (χ4v) is 3.80. The second-order valence-electron chi connectivity index (χ2n) is 7.61. The maximum absolute atomic E-state index is 12.7. The van der Waals surface area contributed by atoms with Crippen LogP contribution in [0, 0.1) is 5.41 Å². The monoisotopic (exact) mass is 442 g/mol. The number of halogens is 6. The smallest absolute Gasteiger partial charge is 0.433 e. The molecule has 1 saturated heterocycles. The van der Waals surface area contributed by atoms with Gasteiger partial charge in [-0.2, -0.15) is 26.3 Å². The van der Waals surface area contributed by atoms with E-state index < -0.39 is 36.9 Å². The van der Waals surface area contributed by atoms with E-state index in [9.17, 15) is 31.1 Å². The predicted molar refractivity (Wildman–Crippen MR) is 89.5 cm³/mol. The van der Waals surface area contributed by atoms with Crippen LogP contribution in [0.15, 0.2) is 18.3 Å². The number of pyridine rings is 1. The average Bonchev–Trinajstić information content (AvgIpc) is 2.64. The van der Waals surface area contributed by atoms with E-state index in [-0.39, 0.29) is 30.4 Å². The minimum Gasteiger partial charge on any atom is -0.490 e. The van der Waals surface area contributed by atoms with Crippen molar-refractivity contribution in [2.45, 2.75) is 50.2 Å². The molecule has 12 heteroatoms. The van der Waals surface area contributed by atoms with Crippen LogP contribution in [-0.2, 0) is 10.9 Å². The van der Waals surface area contributed by atoms with Crippen molar-refractivity contribution in [1.82, 2.24) is 9.88 Å². The molecule has 2 fully saturated rings. The first-order valence-electron chi connectivity index (χ1n) is 9.25. The van der Waals surface area contributed by atoms with E-state index in [0.29, 0.717) is 25.7 Å². The van der Waals surface area contributed by atoms with Crippen LogP contribution in [0.25, 0.3) is 0 Å². The molecule has 0 unspecified atom stereocenters. The topological polar surface area (TPSA) is 71.9 Å². The van der Waals surface area contributed by atoms with Gasteiger partial charge in [0.2, 0.25) is 6.10 Å². The van der Waals surface area contributed by atoms with Gasteiger partial charge in [0.05, 0.1) is 12.7 Å². The minimum absolute atomic E-state index is 0.0698. The highest BCUT2D eigenvalue weighted by Gasteiger charge is 2.49. The van der Waals surface area contributed by atoms with Crippen LogP contribution >= 0.6 is 0 Å². The summed E-state index contributed by atoms with van der Waals surface area (Å²) >= 11 is 0. The van der Waals surface area contributed by atoms with Gasteiger partial charge in [-0.15, -0.1) is 0 Å². The molecule has 1 atom stereocenters. The number of aliphatic hydroxyl groups excluding tert-OH is 1. The number of aromatic nitrogens is 1. The predicted octanol–water partition coefficient (Wildman–Crippen LogP) is 3.78. The van der Waals surface area contributed by atoms with Gasteiger partial charge in [-0.25, -0.2) is 4.79 Å². The van der Waals surface area contributed by atoms with Crippen LogP contribution in [0.1, 0.15) is 31.4 Å². The van der Waals surface area contributed by atoms with E-state index in [0.717, 1.165) is 17.2 Å². The third-order valence-electron chi connectivity index (χ3n) is 5.50. The van der Waals surface area contributed by atoms with Crippen molar-refractivity contribution in [3.8, 4) is 5.75 Å². The van der Waals surface area contributed by atoms with Crippen molar-refractivity contribution in [3.05, 3.63) is 24.0 Å². The molecule has 1 aromatic rings. The van der Waals surface area contributed by atoms with E-state index in [2.05, 4.69) is 9.72 Å². The normalized spacial score (nSPS) is 20.6. The number of aliphatic hydroxyl groups is 1. The number of amides is 1. The molecule has 30 heavy (non-hydrogen) atoms. The van der Waals surface area contributed by atoms with Gasteiger partial charge in [-0.1, -0.05) is 0 Å². The van der Waals surface area contributed by atoms with E-state index >= 15 is 0 Å². The van der Waals surface area contributed by atoms with Crippen LogP contribution in [0.4, 0.5) is 31.1 Å². The summed E-state index contributed by atoms with van der Waals surface area (Å²) < 4.78 is 85.9. The number of carbonyl (C=O) groups excluding carboxylic acids is 1. The highest BCUT2D eigenvalue weighted by atomic mass is 19.4. The third-order valence-corrected chi connectivity index (χ3v) is 5.50. The summed E-state index contributed by atoms with van der Waals surface area (Å²) in [6.07, 6.45) is -10.2. The van der Waals surface area contributed by atoms with Gasteiger partial charge in [0.15, 0.2) is 0 Å². The minimum atomic E-state index is -4.85.